The van der Waals surface area contributed by atoms with Gasteiger partial charge in [-0.1, -0.05) is 24.6 Å². The first kappa shape index (κ1) is 24.2. The predicted molar refractivity (Wildman–Crippen MR) is 149 cm³/mol. The van der Waals surface area contributed by atoms with Crippen LogP contribution in [0.1, 0.15) is 82.4 Å². The molecule has 3 aromatic rings. The largest absolute Gasteiger partial charge is 0.399 e. The molecule has 2 aliphatic heterocycles. The summed E-state index contributed by atoms with van der Waals surface area (Å²) >= 11 is 0. The van der Waals surface area contributed by atoms with Crippen molar-refractivity contribution >= 4 is 11.6 Å². The van der Waals surface area contributed by atoms with E-state index in [9.17, 15) is 4.79 Å². The molecule has 1 aromatic heterocycles. The van der Waals surface area contributed by atoms with Crippen molar-refractivity contribution in [3.8, 4) is 11.4 Å². The van der Waals surface area contributed by atoms with Crippen molar-refractivity contribution in [2.24, 2.45) is 0 Å². The van der Waals surface area contributed by atoms with Gasteiger partial charge in [0.15, 0.2) is 0 Å². The standard InChI is InChI=1S/C31H39N5O/c1-20-18-26(23-4-3-5-23)27(30-33-28-12-14-35(2)15-13-29(28)34-30)19-25(20)31(37)36-16-10-22(11-17-36)21-6-8-24(32)9-7-21/h6-9,18-19,22-23H,3-5,10-17,32H2,1-2H3,(H,33,34). The van der Waals surface area contributed by atoms with Gasteiger partial charge in [-0.15, -0.1) is 0 Å². The molecule has 2 aromatic carbocycles. The summed E-state index contributed by atoms with van der Waals surface area (Å²) in [5, 5.41) is 0. The number of anilines is 1. The molecule has 0 radical (unpaired) electrons. The molecule has 194 valence electrons. The monoisotopic (exact) mass is 497 g/mol. The van der Waals surface area contributed by atoms with Gasteiger partial charge >= 0.3 is 0 Å². The van der Waals surface area contributed by atoms with E-state index in [0.29, 0.717) is 11.8 Å². The number of carbonyl (C=O) groups excluding carboxylic acids is 1. The maximum atomic E-state index is 13.8. The Kier molecular flexibility index (Phi) is 6.53. The number of nitrogens with two attached hydrogens (primary N) is 1. The van der Waals surface area contributed by atoms with Crippen LogP contribution in [-0.2, 0) is 12.8 Å². The molecule has 6 rings (SSSR count). The van der Waals surface area contributed by atoms with Crippen molar-refractivity contribution in [3.63, 3.8) is 0 Å². The molecular formula is C31H39N5O. The molecule has 37 heavy (non-hydrogen) atoms. The van der Waals surface area contributed by atoms with Crippen LogP contribution in [0.2, 0.25) is 0 Å². The number of hydrogen-bond donors (Lipinski definition) is 2. The first-order valence-electron chi connectivity index (χ1n) is 14.0. The van der Waals surface area contributed by atoms with Gasteiger partial charge < -0.3 is 20.5 Å². The summed E-state index contributed by atoms with van der Waals surface area (Å²) in [7, 11) is 2.18. The molecule has 3 N–H and O–H groups in total. The highest BCUT2D eigenvalue weighted by Gasteiger charge is 2.29. The van der Waals surface area contributed by atoms with Crippen molar-refractivity contribution in [2.75, 3.05) is 39.0 Å². The lowest BCUT2D eigenvalue weighted by atomic mass is 9.77. The fourth-order valence-electron chi connectivity index (χ4n) is 6.28. The van der Waals surface area contributed by atoms with Crippen molar-refractivity contribution in [1.82, 2.24) is 19.8 Å². The highest BCUT2D eigenvalue weighted by atomic mass is 16.2. The van der Waals surface area contributed by atoms with Gasteiger partial charge in [0, 0.05) is 61.5 Å². The molecule has 1 aliphatic carbocycles. The number of piperidine rings is 1. The van der Waals surface area contributed by atoms with E-state index in [2.05, 4.69) is 53.0 Å². The predicted octanol–water partition coefficient (Wildman–Crippen LogP) is 5.29. The second-order valence-corrected chi connectivity index (χ2v) is 11.4. The Morgan fingerprint density at radius 3 is 2.41 bits per heavy atom. The van der Waals surface area contributed by atoms with E-state index in [1.807, 2.05) is 12.1 Å². The molecule has 6 heteroatoms. The summed E-state index contributed by atoms with van der Waals surface area (Å²) in [5.74, 6) is 2.17. The second kappa shape index (κ2) is 9.97. The molecule has 3 aliphatic rings. The van der Waals surface area contributed by atoms with Gasteiger partial charge in [-0.2, -0.15) is 0 Å². The molecule has 2 fully saturated rings. The summed E-state index contributed by atoms with van der Waals surface area (Å²) in [6, 6.07) is 12.7. The van der Waals surface area contributed by atoms with Crippen molar-refractivity contribution < 1.29 is 4.79 Å². The Balaban J connectivity index is 1.26. The third kappa shape index (κ3) is 4.79. The molecule has 1 amide bonds. The molecular weight excluding hydrogens is 458 g/mol. The Bertz CT molecular complexity index is 1260. The number of hydrogen-bond acceptors (Lipinski definition) is 4. The Labute approximate surface area is 220 Å². The average Bonchev–Trinajstić information content (AvgIpc) is 3.20. The van der Waals surface area contributed by atoms with Crippen LogP contribution in [0.5, 0.6) is 0 Å². The third-order valence-corrected chi connectivity index (χ3v) is 8.96. The number of nitrogens with one attached hydrogen (secondary N) is 1. The number of imidazole rings is 1. The zero-order valence-electron chi connectivity index (χ0n) is 22.2. The normalized spacial score (nSPS) is 19.4. The fraction of sp³-hybridized carbons (Fsp3) is 0.484. The molecule has 1 saturated heterocycles. The van der Waals surface area contributed by atoms with Crippen LogP contribution >= 0.6 is 0 Å². The average molecular weight is 498 g/mol. The maximum absolute atomic E-state index is 13.8. The van der Waals surface area contributed by atoms with Gasteiger partial charge in [0.1, 0.15) is 5.82 Å². The number of fused-ring (bicyclic) bond motifs is 1. The van der Waals surface area contributed by atoms with E-state index in [0.717, 1.165) is 80.1 Å². The van der Waals surface area contributed by atoms with Crippen molar-refractivity contribution in [2.45, 2.75) is 63.7 Å². The van der Waals surface area contributed by atoms with E-state index in [4.69, 9.17) is 10.7 Å². The number of H-pyrrole nitrogens is 1. The van der Waals surface area contributed by atoms with E-state index < -0.39 is 0 Å². The minimum Gasteiger partial charge on any atom is -0.399 e. The van der Waals surface area contributed by atoms with Gasteiger partial charge in [0.05, 0.1) is 5.69 Å². The van der Waals surface area contributed by atoms with E-state index >= 15 is 0 Å². The van der Waals surface area contributed by atoms with Gasteiger partial charge in [-0.05, 0) is 86.4 Å². The summed E-state index contributed by atoms with van der Waals surface area (Å²) in [6.07, 6.45) is 7.68. The molecule has 6 nitrogen and oxygen atoms in total. The highest BCUT2D eigenvalue weighted by molar-refractivity contribution is 5.97. The lowest BCUT2D eigenvalue weighted by Gasteiger charge is -2.33. The number of aromatic amines is 1. The van der Waals surface area contributed by atoms with Crippen molar-refractivity contribution in [3.05, 3.63) is 70.0 Å². The maximum Gasteiger partial charge on any atom is 0.254 e. The summed E-state index contributed by atoms with van der Waals surface area (Å²) < 4.78 is 0. The SMILES string of the molecule is Cc1cc(C2CCC2)c(-c2nc3c([nH]2)CCN(C)CC3)cc1C(=O)N1CCC(c2ccc(N)cc2)CC1. The fourth-order valence-corrected chi connectivity index (χ4v) is 6.28. The Morgan fingerprint density at radius 1 is 0.973 bits per heavy atom. The van der Waals surface area contributed by atoms with Crippen LogP contribution in [0.15, 0.2) is 36.4 Å². The molecule has 0 unspecified atom stereocenters. The number of amides is 1. The lowest BCUT2D eigenvalue weighted by molar-refractivity contribution is 0.0712. The molecule has 0 spiro atoms. The zero-order chi connectivity index (χ0) is 25.5. The number of aromatic nitrogens is 2. The van der Waals surface area contributed by atoms with Crippen LogP contribution in [0.3, 0.4) is 0 Å². The van der Waals surface area contributed by atoms with Gasteiger partial charge in [0.2, 0.25) is 0 Å². The quantitative estimate of drug-likeness (QED) is 0.481. The molecule has 3 heterocycles. The first-order chi connectivity index (χ1) is 18.0. The third-order valence-electron chi connectivity index (χ3n) is 8.96. The van der Waals surface area contributed by atoms with Crippen LogP contribution < -0.4 is 5.73 Å². The summed E-state index contributed by atoms with van der Waals surface area (Å²) in [4.78, 5) is 27.0. The number of nitrogen functional groups attached to an aromatic ring is 1. The van der Waals surface area contributed by atoms with Crippen LogP contribution in [0.25, 0.3) is 11.4 Å². The summed E-state index contributed by atoms with van der Waals surface area (Å²) in [6.45, 7) is 5.77. The molecule has 0 atom stereocenters. The first-order valence-corrected chi connectivity index (χ1v) is 14.0. The van der Waals surface area contributed by atoms with Crippen LogP contribution in [0, 0.1) is 6.92 Å². The number of nitrogens with zero attached hydrogens (tertiary/aromatic N) is 3. The van der Waals surface area contributed by atoms with Gasteiger partial charge in [0.25, 0.3) is 5.91 Å². The minimum atomic E-state index is 0.157. The number of rotatable bonds is 4. The topological polar surface area (TPSA) is 78.2 Å². The van der Waals surface area contributed by atoms with E-state index in [-0.39, 0.29) is 5.91 Å². The minimum absolute atomic E-state index is 0.157. The number of carbonyl (C=O) groups is 1. The van der Waals surface area contributed by atoms with Gasteiger partial charge in [-0.3, -0.25) is 4.79 Å². The smallest absolute Gasteiger partial charge is 0.254 e. The number of likely N-dealkylation sites (tertiary alicyclic amines) is 1. The number of benzene rings is 2. The number of aryl methyl sites for hydroxylation is 1. The molecule has 0 bridgehead atoms. The second-order valence-electron chi connectivity index (χ2n) is 11.4. The lowest BCUT2D eigenvalue weighted by Crippen LogP contribution is -2.38. The zero-order valence-corrected chi connectivity index (χ0v) is 22.2. The van der Waals surface area contributed by atoms with Crippen molar-refractivity contribution in [1.29, 1.82) is 0 Å². The molecule has 1 saturated carbocycles. The van der Waals surface area contributed by atoms with E-state index in [1.54, 1.807) is 0 Å². The Hall–Kier alpha value is -3.12. The Morgan fingerprint density at radius 2 is 1.70 bits per heavy atom. The van der Waals surface area contributed by atoms with E-state index in [1.165, 1.54) is 41.8 Å². The van der Waals surface area contributed by atoms with Gasteiger partial charge in [-0.25, -0.2) is 4.98 Å². The highest BCUT2D eigenvalue weighted by Crippen LogP contribution is 2.42. The number of likely N-dealkylation sites (N-methyl/N-ethyl adjacent to an activating group) is 1. The van der Waals surface area contributed by atoms with Crippen LogP contribution in [0.4, 0.5) is 5.69 Å². The summed E-state index contributed by atoms with van der Waals surface area (Å²) in [5.41, 5.74) is 14.9. The van der Waals surface area contributed by atoms with Crippen LogP contribution in [-0.4, -0.2) is 58.9 Å².